The van der Waals surface area contributed by atoms with E-state index in [9.17, 15) is 9.18 Å². The first kappa shape index (κ1) is 25.0. The van der Waals surface area contributed by atoms with Crippen molar-refractivity contribution in [2.24, 2.45) is 0 Å². The van der Waals surface area contributed by atoms with E-state index in [0.717, 1.165) is 35.4 Å². The summed E-state index contributed by atoms with van der Waals surface area (Å²) in [4.78, 5) is 16.4. The van der Waals surface area contributed by atoms with E-state index >= 15 is 0 Å². The Hall–Kier alpha value is -2.10. The first-order chi connectivity index (χ1) is 15.9. The smallest absolute Gasteiger partial charge is 0.271 e. The minimum absolute atomic E-state index is 0. The van der Waals surface area contributed by atoms with Crippen LogP contribution in [-0.4, -0.2) is 11.6 Å². The topological polar surface area (TPSA) is 29.1 Å². The van der Waals surface area contributed by atoms with Gasteiger partial charge >= 0.3 is 0 Å². The molecule has 0 N–H and O–H groups in total. The van der Waals surface area contributed by atoms with Gasteiger partial charge in [0.2, 0.25) is 0 Å². The summed E-state index contributed by atoms with van der Waals surface area (Å²) in [6.07, 6.45) is 4.03. The quantitative estimate of drug-likeness (QED) is 0.357. The van der Waals surface area contributed by atoms with E-state index in [1.54, 1.807) is 35.2 Å². The summed E-state index contributed by atoms with van der Waals surface area (Å²) in [7, 11) is 1.98. The van der Waals surface area contributed by atoms with Crippen LogP contribution in [0.25, 0.3) is 11.1 Å². The van der Waals surface area contributed by atoms with E-state index in [4.69, 9.17) is 11.6 Å². The van der Waals surface area contributed by atoms with Crippen LogP contribution in [0.15, 0.2) is 63.7 Å². The molecule has 0 saturated carbocycles. The predicted octanol–water partition coefficient (Wildman–Crippen LogP) is 1.26. The lowest BCUT2D eigenvalue weighted by Crippen LogP contribution is -3.00. The highest BCUT2D eigenvalue weighted by Crippen LogP contribution is 2.46. The molecule has 0 atom stereocenters. The number of halogens is 3. The maximum Gasteiger partial charge on any atom is 0.271 e. The maximum atomic E-state index is 13.6. The molecule has 3 heterocycles. The second kappa shape index (κ2) is 10.3. The highest BCUT2D eigenvalue weighted by atomic mass is 35.5. The molecule has 176 valence electrons. The fourth-order valence-electron chi connectivity index (χ4n) is 3.80. The van der Waals surface area contributed by atoms with E-state index in [2.05, 4.69) is 9.47 Å². The van der Waals surface area contributed by atoms with Crippen LogP contribution in [0.5, 0.6) is 0 Å². The minimum Gasteiger partial charge on any atom is -1.00 e. The molecule has 5 rings (SSSR count). The van der Waals surface area contributed by atoms with Crippen LogP contribution in [-0.2, 0) is 13.1 Å². The summed E-state index contributed by atoms with van der Waals surface area (Å²) >= 11 is 10.8. The number of rotatable bonds is 4. The second-order valence-corrected chi connectivity index (χ2v) is 11.0. The zero-order chi connectivity index (χ0) is 23.1. The first-order valence-electron chi connectivity index (χ1n) is 10.3. The van der Waals surface area contributed by atoms with Gasteiger partial charge in [0.25, 0.3) is 10.6 Å². The standard InChI is InChI=1S/C24H20ClFN3OS3.ClH/c1-3-29-21(13-20-28(9-10-31-20)14-15-5-4-6-17(26)11-15)33-22(23(29)30)24-27(2)18-8-7-16(25)12-19(18)32-24;/h4-13H,3,14H2,1-2H3;1H/q+1;/p-1/b24-22+;. The second-order valence-electron chi connectivity index (χ2n) is 7.54. The Morgan fingerprint density at radius 2 is 2.03 bits per heavy atom. The summed E-state index contributed by atoms with van der Waals surface area (Å²) in [6.45, 7) is 3.12. The number of thioether (sulfide) groups is 1. The molecule has 4 nitrogen and oxygen atoms in total. The number of aromatic nitrogens is 2. The van der Waals surface area contributed by atoms with Gasteiger partial charge in [-0.15, -0.1) is 11.3 Å². The first-order valence-corrected chi connectivity index (χ1v) is 13.2. The van der Waals surface area contributed by atoms with Gasteiger partial charge < -0.3 is 17.3 Å². The number of benzene rings is 2. The zero-order valence-electron chi connectivity index (χ0n) is 18.3. The monoisotopic (exact) mass is 551 g/mol. The Labute approximate surface area is 219 Å². The third-order valence-corrected chi connectivity index (χ3v) is 8.97. The fourth-order valence-corrected chi connectivity index (χ4v) is 7.39. The largest absolute Gasteiger partial charge is 1.00 e. The molecule has 0 aliphatic carbocycles. The average molecular weight is 553 g/mol. The number of hydrogen-bond acceptors (Lipinski definition) is 5. The van der Waals surface area contributed by atoms with Gasteiger partial charge in [-0.2, -0.15) is 4.57 Å². The highest BCUT2D eigenvalue weighted by Gasteiger charge is 2.25. The van der Waals surface area contributed by atoms with Crippen LogP contribution in [0.4, 0.5) is 10.1 Å². The van der Waals surface area contributed by atoms with Gasteiger partial charge in [-0.3, -0.25) is 9.36 Å². The van der Waals surface area contributed by atoms with Crippen molar-refractivity contribution >= 4 is 62.8 Å². The number of anilines is 1. The lowest BCUT2D eigenvalue weighted by Gasteiger charge is -2.12. The summed E-state index contributed by atoms with van der Waals surface area (Å²) in [5.74, 6) is -0.242. The van der Waals surface area contributed by atoms with Crippen molar-refractivity contribution in [3.8, 4) is 0 Å². The SMILES string of the molecule is CCn1c(=O)/c(=C2\Sc3cc(Cl)ccc3N2C)s/c1=C\c1scc[n+]1Cc1cccc(F)c1.[Cl-]. The van der Waals surface area contributed by atoms with Gasteiger partial charge in [-0.25, -0.2) is 4.39 Å². The molecule has 4 aromatic rings. The van der Waals surface area contributed by atoms with Crippen LogP contribution in [0.3, 0.4) is 0 Å². The van der Waals surface area contributed by atoms with Gasteiger partial charge in [0, 0.05) is 29.1 Å². The van der Waals surface area contributed by atoms with E-state index in [-0.39, 0.29) is 23.8 Å². The van der Waals surface area contributed by atoms with Gasteiger partial charge in [-0.1, -0.05) is 46.8 Å². The molecule has 2 aromatic heterocycles. The molecule has 10 heteroatoms. The van der Waals surface area contributed by atoms with Crippen molar-refractivity contribution < 1.29 is 21.4 Å². The Morgan fingerprint density at radius 3 is 2.79 bits per heavy atom. The summed E-state index contributed by atoms with van der Waals surface area (Å²) in [5.41, 5.74) is 1.95. The summed E-state index contributed by atoms with van der Waals surface area (Å²) in [5, 5.41) is 4.61. The van der Waals surface area contributed by atoms with Crippen molar-refractivity contribution in [1.29, 1.82) is 0 Å². The van der Waals surface area contributed by atoms with Crippen LogP contribution in [0.2, 0.25) is 5.02 Å². The Morgan fingerprint density at radius 1 is 1.21 bits per heavy atom. The average Bonchev–Trinajstić information content (AvgIpc) is 3.44. The molecule has 34 heavy (non-hydrogen) atoms. The molecule has 0 radical (unpaired) electrons. The molecule has 0 bridgehead atoms. The number of fused-ring (bicyclic) bond motifs is 1. The molecule has 1 aliphatic heterocycles. The summed E-state index contributed by atoms with van der Waals surface area (Å²) in [6, 6.07) is 12.4. The lowest BCUT2D eigenvalue weighted by molar-refractivity contribution is -0.685. The number of nitrogens with zero attached hydrogens (tertiary/aromatic N) is 3. The lowest BCUT2D eigenvalue weighted by atomic mass is 10.2. The van der Waals surface area contributed by atoms with Gasteiger partial charge in [0.15, 0.2) is 12.7 Å². The van der Waals surface area contributed by atoms with Crippen LogP contribution in [0, 0.1) is 5.82 Å². The van der Waals surface area contributed by atoms with Crippen molar-refractivity contribution in [2.75, 3.05) is 11.9 Å². The third kappa shape index (κ3) is 4.70. The van der Waals surface area contributed by atoms with E-state index in [0.29, 0.717) is 18.1 Å². The normalized spacial score (nSPS) is 14.9. The van der Waals surface area contributed by atoms with E-state index in [1.165, 1.54) is 17.4 Å². The van der Waals surface area contributed by atoms with Crippen LogP contribution < -0.4 is 36.6 Å². The Balaban J connectivity index is 0.00000274. The third-order valence-electron chi connectivity index (χ3n) is 5.42. The van der Waals surface area contributed by atoms with Crippen molar-refractivity contribution in [1.82, 2.24) is 4.57 Å². The van der Waals surface area contributed by atoms with Gasteiger partial charge in [0.05, 0.1) is 17.1 Å². The Kier molecular flexibility index (Phi) is 7.54. The van der Waals surface area contributed by atoms with Gasteiger partial charge in [0.1, 0.15) is 20.0 Å². The fraction of sp³-hybridized carbons (Fsp3) is 0.167. The number of hydrogen-bond donors (Lipinski definition) is 0. The zero-order valence-corrected chi connectivity index (χ0v) is 22.3. The van der Waals surface area contributed by atoms with Gasteiger partial charge in [-0.05, 0) is 37.3 Å². The van der Waals surface area contributed by atoms with Crippen LogP contribution in [0.1, 0.15) is 17.5 Å². The molecular weight excluding hydrogens is 532 g/mol. The van der Waals surface area contributed by atoms with Crippen molar-refractivity contribution in [3.05, 3.63) is 95.0 Å². The summed E-state index contributed by atoms with van der Waals surface area (Å²) < 4.78 is 19.1. The molecule has 1 aliphatic rings. The molecule has 0 unspecified atom stereocenters. The number of thiazole rings is 2. The molecular formula is C24H20Cl2FN3OS3. The minimum atomic E-state index is -0.242. The van der Waals surface area contributed by atoms with Crippen molar-refractivity contribution in [3.63, 3.8) is 0 Å². The highest BCUT2D eigenvalue weighted by molar-refractivity contribution is 8.08. The predicted molar refractivity (Wildman–Crippen MR) is 136 cm³/mol. The van der Waals surface area contributed by atoms with E-state index in [1.807, 2.05) is 60.5 Å². The molecule has 0 amide bonds. The molecule has 2 aromatic carbocycles. The Bertz CT molecular complexity index is 1540. The van der Waals surface area contributed by atoms with E-state index < -0.39 is 0 Å². The maximum absolute atomic E-state index is 13.6. The molecule has 0 fully saturated rings. The van der Waals surface area contributed by atoms with Crippen molar-refractivity contribution in [2.45, 2.75) is 24.9 Å². The molecule has 0 saturated heterocycles. The van der Waals surface area contributed by atoms with Crippen LogP contribution >= 0.6 is 46.0 Å². The molecule has 0 spiro atoms.